The summed E-state index contributed by atoms with van der Waals surface area (Å²) in [4.78, 5) is 14.5. The SMILES string of the molecule is CC(C)(C)Sc1nc(C(=O)O)cs1. The molecule has 1 rings (SSSR count). The molecule has 0 amide bonds. The van der Waals surface area contributed by atoms with Gasteiger partial charge in [-0.25, -0.2) is 9.78 Å². The molecule has 0 aliphatic carbocycles. The molecule has 0 unspecified atom stereocenters. The number of hydrogen-bond acceptors (Lipinski definition) is 4. The number of thiazole rings is 1. The second-order valence-electron chi connectivity index (χ2n) is 3.52. The Labute approximate surface area is 85.2 Å². The lowest BCUT2D eigenvalue weighted by Gasteiger charge is -2.14. The minimum absolute atomic E-state index is 0.0770. The summed E-state index contributed by atoms with van der Waals surface area (Å²) in [6.45, 7) is 6.21. The number of aromatic nitrogens is 1. The van der Waals surface area contributed by atoms with Crippen LogP contribution in [0.25, 0.3) is 0 Å². The highest BCUT2D eigenvalue weighted by Gasteiger charge is 2.16. The van der Waals surface area contributed by atoms with Crippen LogP contribution in [0.15, 0.2) is 9.72 Å². The Morgan fingerprint density at radius 1 is 1.62 bits per heavy atom. The van der Waals surface area contributed by atoms with Gasteiger partial charge in [-0.1, -0.05) is 32.5 Å². The summed E-state index contributed by atoms with van der Waals surface area (Å²) in [7, 11) is 0. The molecule has 0 aliphatic heterocycles. The molecule has 1 heterocycles. The predicted molar refractivity (Wildman–Crippen MR) is 54.7 cm³/mol. The maximum Gasteiger partial charge on any atom is 0.355 e. The third-order valence-corrected chi connectivity index (χ3v) is 3.15. The van der Waals surface area contributed by atoms with E-state index in [4.69, 9.17) is 5.11 Å². The molecule has 0 aliphatic rings. The number of aromatic carboxylic acids is 1. The van der Waals surface area contributed by atoms with E-state index in [9.17, 15) is 4.79 Å². The third-order valence-electron chi connectivity index (χ3n) is 1.10. The van der Waals surface area contributed by atoms with E-state index in [-0.39, 0.29) is 10.4 Å². The quantitative estimate of drug-likeness (QED) is 0.774. The van der Waals surface area contributed by atoms with Crippen LogP contribution >= 0.6 is 23.1 Å². The van der Waals surface area contributed by atoms with E-state index in [2.05, 4.69) is 25.8 Å². The molecule has 1 aromatic heterocycles. The Morgan fingerprint density at radius 2 is 2.23 bits per heavy atom. The van der Waals surface area contributed by atoms with E-state index < -0.39 is 5.97 Å². The van der Waals surface area contributed by atoms with Crippen LogP contribution in [-0.4, -0.2) is 20.8 Å². The number of carboxylic acids is 1. The fourth-order valence-electron chi connectivity index (χ4n) is 0.664. The van der Waals surface area contributed by atoms with Crippen molar-refractivity contribution in [3.8, 4) is 0 Å². The van der Waals surface area contributed by atoms with Gasteiger partial charge in [0.2, 0.25) is 0 Å². The van der Waals surface area contributed by atoms with Gasteiger partial charge in [-0.05, 0) is 0 Å². The number of rotatable bonds is 2. The lowest BCUT2D eigenvalue weighted by Crippen LogP contribution is -2.06. The van der Waals surface area contributed by atoms with Gasteiger partial charge in [0.25, 0.3) is 0 Å². The molecule has 5 heteroatoms. The maximum absolute atomic E-state index is 10.5. The molecule has 0 radical (unpaired) electrons. The first-order valence-electron chi connectivity index (χ1n) is 3.76. The largest absolute Gasteiger partial charge is 0.476 e. The van der Waals surface area contributed by atoms with Gasteiger partial charge in [0, 0.05) is 10.1 Å². The highest BCUT2D eigenvalue weighted by atomic mass is 32.2. The van der Waals surface area contributed by atoms with Gasteiger partial charge < -0.3 is 5.11 Å². The summed E-state index contributed by atoms with van der Waals surface area (Å²) in [5.41, 5.74) is 0.136. The van der Waals surface area contributed by atoms with Crippen LogP contribution < -0.4 is 0 Å². The first kappa shape index (κ1) is 10.5. The molecule has 0 spiro atoms. The zero-order chi connectivity index (χ0) is 10.1. The molecular formula is C8H11NO2S2. The van der Waals surface area contributed by atoms with Crippen LogP contribution in [-0.2, 0) is 0 Å². The standard InChI is InChI=1S/C8H11NO2S2/c1-8(2,3)13-7-9-5(4-12-7)6(10)11/h4H,1-3H3,(H,10,11). The van der Waals surface area contributed by atoms with Crippen molar-refractivity contribution in [3.63, 3.8) is 0 Å². The molecule has 13 heavy (non-hydrogen) atoms. The number of hydrogen-bond donors (Lipinski definition) is 1. The van der Waals surface area contributed by atoms with E-state index in [1.807, 2.05) is 0 Å². The summed E-state index contributed by atoms with van der Waals surface area (Å²) in [5, 5.41) is 10.2. The molecule has 0 saturated carbocycles. The van der Waals surface area contributed by atoms with Crippen LogP contribution in [0.3, 0.4) is 0 Å². The number of thioether (sulfide) groups is 1. The van der Waals surface area contributed by atoms with E-state index in [1.165, 1.54) is 11.3 Å². The van der Waals surface area contributed by atoms with Gasteiger partial charge in [-0.2, -0.15) is 0 Å². The summed E-state index contributed by atoms with van der Waals surface area (Å²) in [6, 6.07) is 0. The Kier molecular flexibility index (Phi) is 2.98. The Balaban J connectivity index is 2.75. The van der Waals surface area contributed by atoms with Crippen molar-refractivity contribution >= 4 is 29.1 Å². The normalized spacial score (nSPS) is 11.6. The molecule has 0 bridgehead atoms. The van der Waals surface area contributed by atoms with Crippen LogP contribution in [0.5, 0.6) is 0 Å². The summed E-state index contributed by atoms with van der Waals surface area (Å²) in [5.74, 6) is -0.961. The van der Waals surface area contributed by atoms with E-state index in [0.29, 0.717) is 0 Å². The van der Waals surface area contributed by atoms with Gasteiger partial charge in [-0.15, -0.1) is 11.3 Å². The van der Waals surface area contributed by atoms with Crippen molar-refractivity contribution in [2.75, 3.05) is 0 Å². The van der Waals surface area contributed by atoms with Gasteiger partial charge in [0.15, 0.2) is 10.0 Å². The number of carboxylic acid groups (broad SMARTS) is 1. The predicted octanol–water partition coefficient (Wildman–Crippen LogP) is 2.73. The summed E-state index contributed by atoms with van der Waals surface area (Å²) < 4.78 is 0.887. The van der Waals surface area contributed by atoms with Crippen LogP contribution in [0.4, 0.5) is 0 Å². The lowest BCUT2D eigenvalue weighted by atomic mass is 10.3. The molecule has 3 nitrogen and oxygen atoms in total. The first-order valence-corrected chi connectivity index (χ1v) is 5.46. The minimum atomic E-state index is -0.961. The van der Waals surface area contributed by atoms with Gasteiger partial charge in [0.05, 0.1) is 0 Å². The van der Waals surface area contributed by atoms with Gasteiger partial charge >= 0.3 is 5.97 Å². The zero-order valence-electron chi connectivity index (χ0n) is 7.70. The minimum Gasteiger partial charge on any atom is -0.476 e. The molecule has 0 fully saturated rings. The van der Waals surface area contributed by atoms with Crippen molar-refractivity contribution in [2.45, 2.75) is 29.9 Å². The van der Waals surface area contributed by atoms with E-state index >= 15 is 0 Å². The Hall–Kier alpha value is -0.550. The Morgan fingerprint density at radius 3 is 2.62 bits per heavy atom. The topological polar surface area (TPSA) is 50.2 Å². The van der Waals surface area contributed by atoms with E-state index in [1.54, 1.807) is 17.1 Å². The Bertz CT molecular complexity index is 314. The molecule has 1 N–H and O–H groups in total. The van der Waals surface area contributed by atoms with Gasteiger partial charge in [-0.3, -0.25) is 0 Å². The zero-order valence-corrected chi connectivity index (χ0v) is 9.33. The smallest absolute Gasteiger partial charge is 0.355 e. The monoisotopic (exact) mass is 217 g/mol. The van der Waals surface area contributed by atoms with Crippen molar-refractivity contribution in [1.29, 1.82) is 0 Å². The van der Waals surface area contributed by atoms with Crippen LogP contribution in [0, 0.1) is 0 Å². The fourth-order valence-corrected chi connectivity index (χ4v) is 2.94. The van der Waals surface area contributed by atoms with Crippen molar-refractivity contribution < 1.29 is 9.90 Å². The van der Waals surface area contributed by atoms with E-state index in [0.717, 1.165) is 4.34 Å². The molecular weight excluding hydrogens is 206 g/mol. The molecule has 0 atom stereocenters. The summed E-state index contributed by atoms with van der Waals surface area (Å²) >= 11 is 2.96. The molecule has 0 aromatic carbocycles. The highest BCUT2D eigenvalue weighted by molar-refractivity contribution is 8.02. The highest BCUT2D eigenvalue weighted by Crippen LogP contribution is 2.33. The van der Waals surface area contributed by atoms with Crippen molar-refractivity contribution in [3.05, 3.63) is 11.1 Å². The lowest BCUT2D eigenvalue weighted by molar-refractivity contribution is 0.0691. The molecule has 72 valence electrons. The van der Waals surface area contributed by atoms with Crippen molar-refractivity contribution in [1.82, 2.24) is 4.98 Å². The van der Waals surface area contributed by atoms with Crippen LogP contribution in [0.1, 0.15) is 31.3 Å². The fraction of sp³-hybridized carbons (Fsp3) is 0.500. The first-order chi connectivity index (χ1) is 5.88. The van der Waals surface area contributed by atoms with Crippen LogP contribution in [0.2, 0.25) is 0 Å². The third kappa shape index (κ3) is 3.36. The summed E-state index contributed by atoms with van der Waals surface area (Å²) in [6.07, 6.45) is 0. The molecule has 1 aromatic rings. The second kappa shape index (κ2) is 3.67. The molecule has 0 saturated heterocycles. The second-order valence-corrected chi connectivity index (χ2v) is 6.45. The average molecular weight is 217 g/mol. The van der Waals surface area contributed by atoms with Gasteiger partial charge in [0.1, 0.15) is 0 Å². The van der Waals surface area contributed by atoms with Crippen molar-refractivity contribution in [2.24, 2.45) is 0 Å². The number of carbonyl (C=O) groups is 1. The average Bonchev–Trinajstić information content (AvgIpc) is 2.31. The maximum atomic E-state index is 10.5. The number of nitrogens with zero attached hydrogens (tertiary/aromatic N) is 1.